The van der Waals surface area contributed by atoms with Crippen LogP contribution < -0.4 is 0 Å². The van der Waals surface area contributed by atoms with Crippen molar-refractivity contribution in [1.82, 2.24) is 0 Å². The normalized spacial score (nSPS) is 48.7. The third kappa shape index (κ3) is 1.50. The molecule has 2 nitrogen and oxygen atoms in total. The number of hydrogen-bond donors (Lipinski definition) is 1. The van der Waals surface area contributed by atoms with Crippen molar-refractivity contribution < 1.29 is 9.84 Å². The molecule has 0 heterocycles. The number of rotatable bonds is 3. The minimum Gasteiger partial charge on any atom is -0.371 e. The lowest BCUT2D eigenvalue weighted by Gasteiger charge is -2.31. The van der Waals surface area contributed by atoms with E-state index in [1.165, 1.54) is 12.8 Å². The fourth-order valence-corrected chi connectivity index (χ4v) is 3.49. The third-order valence-corrected chi connectivity index (χ3v) is 4.46. The SMILES string of the molecule is CC1C2CC(COCO)C(C2)C1C. The van der Waals surface area contributed by atoms with E-state index < -0.39 is 0 Å². The Bertz CT molecular complexity index is 179. The first kappa shape index (κ1) is 9.47. The number of fused-ring (bicyclic) bond motifs is 2. The molecule has 0 spiro atoms. The van der Waals surface area contributed by atoms with E-state index in [2.05, 4.69) is 13.8 Å². The van der Waals surface area contributed by atoms with Crippen molar-refractivity contribution in [3.05, 3.63) is 0 Å². The highest BCUT2D eigenvalue weighted by molar-refractivity contribution is 4.97. The van der Waals surface area contributed by atoms with Gasteiger partial charge < -0.3 is 9.84 Å². The van der Waals surface area contributed by atoms with Gasteiger partial charge in [-0.25, -0.2) is 0 Å². The van der Waals surface area contributed by atoms with E-state index in [1.807, 2.05) is 0 Å². The monoisotopic (exact) mass is 184 g/mol. The summed E-state index contributed by atoms with van der Waals surface area (Å²) in [6, 6.07) is 0. The lowest BCUT2D eigenvalue weighted by molar-refractivity contribution is -0.0320. The smallest absolute Gasteiger partial charge is 0.143 e. The van der Waals surface area contributed by atoms with Gasteiger partial charge in [0.2, 0.25) is 0 Å². The van der Waals surface area contributed by atoms with Gasteiger partial charge in [0.1, 0.15) is 6.79 Å². The number of aliphatic hydroxyl groups is 1. The van der Waals surface area contributed by atoms with Gasteiger partial charge in [0, 0.05) is 0 Å². The summed E-state index contributed by atoms with van der Waals surface area (Å²) >= 11 is 0. The van der Waals surface area contributed by atoms with Gasteiger partial charge in [0.05, 0.1) is 6.61 Å². The van der Waals surface area contributed by atoms with E-state index >= 15 is 0 Å². The average Bonchev–Trinajstić information content (AvgIpc) is 2.64. The molecule has 2 fully saturated rings. The van der Waals surface area contributed by atoms with Crippen LogP contribution in [-0.4, -0.2) is 18.5 Å². The summed E-state index contributed by atoms with van der Waals surface area (Å²) in [6.07, 6.45) is 2.73. The largest absolute Gasteiger partial charge is 0.371 e. The molecule has 2 heteroatoms. The van der Waals surface area contributed by atoms with E-state index in [0.29, 0.717) is 0 Å². The highest BCUT2D eigenvalue weighted by Gasteiger charge is 2.48. The van der Waals surface area contributed by atoms with Gasteiger partial charge in [0.15, 0.2) is 0 Å². The lowest BCUT2D eigenvalue weighted by Crippen LogP contribution is -2.27. The van der Waals surface area contributed by atoms with Gasteiger partial charge in [0.25, 0.3) is 0 Å². The summed E-state index contributed by atoms with van der Waals surface area (Å²) in [7, 11) is 0. The highest BCUT2D eigenvalue weighted by Crippen LogP contribution is 2.54. The van der Waals surface area contributed by atoms with E-state index in [0.717, 1.165) is 36.2 Å². The van der Waals surface area contributed by atoms with Crippen LogP contribution in [0.1, 0.15) is 26.7 Å². The quantitative estimate of drug-likeness (QED) is 0.679. The van der Waals surface area contributed by atoms with Gasteiger partial charge >= 0.3 is 0 Å². The summed E-state index contributed by atoms with van der Waals surface area (Å²) in [5, 5.41) is 8.59. The zero-order valence-corrected chi connectivity index (χ0v) is 8.57. The predicted octanol–water partition coefficient (Wildman–Crippen LogP) is 1.88. The lowest BCUT2D eigenvalue weighted by atomic mass is 9.76. The third-order valence-electron chi connectivity index (χ3n) is 4.46. The molecule has 1 N–H and O–H groups in total. The molecule has 2 aliphatic carbocycles. The molecule has 2 bridgehead atoms. The van der Waals surface area contributed by atoms with Crippen molar-refractivity contribution in [2.24, 2.45) is 29.6 Å². The van der Waals surface area contributed by atoms with Crippen molar-refractivity contribution in [3.8, 4) is 0 Å². The second kappa shape index (κ2) is 3.58. The minimum atomic E-state index is -0.113. The number of aliphatic hydroxyl groups excluding tert-OH is 1. The summed E-state index contributed by atoms with van der Waals surface area (Å²) in [6.45, 7) is 5.42. The van der Waals surface area contributed by atoms with Crippen LogP contribution >= 0.6 is 0 Å². The summed E-state index contributed by atoms with van der Waals surface area (Å²) in [4.78, 5) is 0. The maximum atomic E-state index is 8.59. The second-order valence-electron chi connectivity index (χ2n) is 4.87. The molecule has 2 rings (SSSR count). The molecule has 5 unspecified atom stereocenters. The number of ether oxygens (including phenoxy) is 1. The van der Waals surface area contributed by atoms with Gasteiger partial charge in [-0.2, -0.15) is 0 Å². The molecule has 13 heavy (non-hydrogen) atoms. The molecule has 76 valence electrons. The zero-order chi connectivity index (χ0) is 9.42. The van der Waals surface area contributed by atoms with Crippen molar-refractivity contribution >= 4 is 0 Å². The Morgan fingerprint density at radius 3 is 2.54 bits per heavy atom. The average molecular weight is 184 g/mol. The first-order valence-corrected chi connectivity index (χ1v) is 5.42. The molecular formula is C11H20O2. The summed E-state index contributed by atoms with van der Waals surface area (Å²) in [5.74, 6) is 4.31. The van der Waals surface area contributed by atoms with Crippen LogP contribution in [0.25, 0.3) is 0 Å². The van der Waals surface area contributed by atoms with Crippen molar-refractivity contribution in [1.29, 1.82) is 0 Å². The van der Waals surface area contributed by atoms with Crippen molar-refractivity contribution in [2.75, 3.05) is 13.4 Å². The molecule has 2 aliphatic rings. The van der Waals surface area contributed by atoms with Gasteiger partial charge in [-0.1, -0.05) is 13.8 Å². The maximum absolute atomic E-state index is 8.59. The van der Waals surface area contributed by atoms with Crippen LogP contribution in [-0.2, 0) is 4.74 Å². The van der Waals surface area contributed by atoms with Crippen LogP contribution in [0, 0.1) is 29.6 Å². The second-order valence-corrected chi connectivity index (χ2v) is 4.87. The molecule has 2 saturated carbocycles. The van der Waals surface area contributed by atoms with Crippen molar-refractivity contribution in [2.45, 2.75) is 26.7 Å². The van der Waals surface area contributed by atoms with E-state index in [-0.39, 0.29) is 6.79 Å². The van der Waals surface area contributed by atoms with Gasteiger partial charge in [-0.3, -0.25) is 0 Å². The molecule has 0 aliphatic heterocycles. The van der Waals surface area contributed by atoms with Crippen LogP contribution in [0.4, 0.5) is 0 Å². The molecule has 0 aromatic carbocycles. The Hall–Kier alpha value is -0.0800. The molecular weight excluding hydrogens is 164 g/mol. The molecule has 0 aromatic rings. The topological polar surface area (TPSA) is 29.5 Å². The van der Waals surface area contributed by atoms with E-state index in [1.54, 1.807) is 0 Å². The Labute approximate surface area is 80.3 Å². The molecule has 0 radical (unpaired) electrons. The summed E-state index contributed by atoms with van der Waals surface area (Å²) < 4.78 is 5.11. The Balaban J connectivity index is 1.90. The highest BCUT2D eigenvalue weighted by atomic mass is 16.6. The standard InChI is InChI=1S/C11H20O2/c1-7-8(2)11-4-9(7)3-10(11)5-13-6-12/h7-12H,3-6H2,1-2H3. The van der Waals surface area contributed by atoms with Crippen LogP contribution in [0.15, 0.2) is 0 Å². The van der Waals surface area contributed by atoms with Crippen LogP contribution in [0.3, 0.4) is 0 Å². The first-order chi connectivity index (χ1) is 6.24. The maximum Gasteiger partial charge on any atom is 0.143 e. The summed E-state index contributed by atoms with van der Waals surface area (Å²) in [5.41, 5.74) is 0. The predicted molar refractivity (Wildman–Crippen MR) is 51.1 cm³/mol. The van der Waals surface area contributed by atoms with Gasteiger partial charge in [-0.15, -0.1) is 0 Å². The number of hydrogen-bond acceptors (Lipinski definition) is 2. The fraction of sp³-hybridized carbons (Fsp3) is 1.00. The van der Waals surface area contributed by atoms with Crippen LogP contribution in [0.5, 0.6) is 0 Å². The van der Waals surface area contributed by atoms with Gasteiger partial charge in [-0.05, 0) is 42.4 Å². The Kier molecular flexibility index (Phi) is 2.61. The molecule has 0 saturated heterocycles. The molecule has 0 amide bonds. The van der Waals surface area contributed by atoms with Crippen LogP contribution in [0.2, 0.25) is 0 Å². The van der Waals surface area contributed by atoms with Crippen molar-refractivity contribution in [3.63, 3.8) is 0 Å². The zero-order valence-electron chi connectivity index (χ0n) is 8.57. The molecule has 5 atom stereocenters. The fourth-order valence-electron chi connectivity index (χ4n) is 3.49. The Morgan fingerprint density at radius 2 is 2.00 bits per heavy atom. The van der Waals surface area contributed by atoms with E-state index in [9.17, 15) is 0 Å². The first-order valence-electron chi connectivity index (χ1n) is 5.42. The Morgan fingerprint density at radius 1 is 1.23 bits per heavy atom. The molecule has 0 aromatic heterocycles. The van der Waals surface area contributed by atoms with E-state index in [4.69, 9.17) is 9.84 Å². The minimum absolute atomic E-state index is 0.113.